The van der Waals surface area contributed by atoms with Crippen LogP contribution in [0.5, 0.6) is 0 Å². The van der Waals surface area contributed by atoms with Crippen molar-refractivity contribution < 1.29 is 9.59 Å². The summed E-state index contributed by atoms with van der Waals surface area (Å²) in [4.78, 5) is 29.6. The van der Waals surface area contributed by atoms with Gasteiger partial charge in [0, 0.05) is 17.2 Å². The fourth-order valence-corrected chi connectivity index (χ4v) is 3.57. The summed E-state index contributed by atoms with van der Waals surface area (Å²) in [6.07, 6.45) is 2.71. The van der Waals surface area contributed by atoms with Crippen LogP contribution in [-0.4, -0.2) is 27.3 Å². The SMILES string of the molecule is CCCCC(C(=O)NC(C)C)n1c(-c2ccc(C(C)=O)cc2)nc2ccccc21. The van der Waals surface area contributed by atoms with Crippen LogP contribution in [0.15, 0.2) is 48.5 Å². The van der Waals surface area contributed by atoms with Gasteiger partial charge in [0.2, 0.25) is 5.91 Å². The number of amides is 1. The van der Waals surface area contributed by atoms with Gasteiger partial charge in [0.25, 0.3) is 0 Å². The number of nitrogens with one attached hydrogen (secondary N) is 1. The van der Waals surface area contributed by atoms with Crippen molar-refractivity contribution in [3.8, 4) is 11.4 Å². The van der Waals surface area contributed by atoms with E-state index >= 15 is 0 Å². The van der Waals surface area contributed by atoms with Crippen LogP contribution in [0.3, 0.4) is 0 Å². The second-order valence-corrected chi connectivity index (χ2v) is 7.75. The first kappa shape index (κ1) is 20.8. The Balaban J connectivity index is 2.16. The number of carbonyl (C=O) groups excluding carboxylic acids is 2. The molecule has 1 heterocycles. The van der Waals surface area contributed by atoms with E-state index in [1.165, 1.54) is 0 Å². The Kier molecular flexibility index (Phi) is 6.47. The molecule has 0 aliphatic rings. The molecular weight excluding hydrogens is 362 g/mol. The molecule has 0 spiro atoms. The minimum absolute atomic E-state index is 0.0122. The fraction of sp³-hybridized carbons (Fsp3) is 0.375. The Labute approximate surface area is 172 Å². The first-order valence-electron chi connectivity index (χ1n) is 10.3. The van der Waals surface area contributed by atoms with E-state index in [4.69, 9.17) is 4.98 Å². The summed E-state index contributed by atoms with van der Waals surface area (Å²) in [5, 5.41) is 3.08. The Morgan fingerprint density at radius 1 is 1.07 bits per heavy atom. The van der Waals surface area contributed by atoms with Crippen LogP contribution in [0.4, 0.5) is 0 Å². The number of hydrogen-bond donors (Lipinski definition) is 1. The third-order valence-corrected chi connectivity index (χ3v) is 5.02. The van der Waals surface area contributed by atoms with Gasteiger partial charge in [0.15, 0.2) is 5.78 Å². The molecule has 5 nitrogen and oxygen atoms in total. The van der Waals surface area contributed by atoms with E-state index in [0.29, 0.717) is 5.56 Å². The number of para-hydroxylation sites is 2. The number of rotatable bonds is 8. The summed E-state index contributed by atoms with van der Waals surface area (Å²) < 4.78 is 2.06. The first-order valence-corrected chi connectivity index (χ1v) is 10.3. The molecule has 2 aromatic carbocycles. The highest BCUT2D eigenvalue weighted by atomic mass is 16.2. The molecule has 1 aromatic heterocycles. The van der Waals surface area contributed by atoms with Crippen molar-refractivity contribution >= 4 is 22.7 Å². The fourth-order valence-electron chi connectivity index (χ4n) is 3.57. The molecule has 0 aliphatic carbocycles. The second kappa shape index (κ2) is 9.03. The number of imidazole rings is 1. The van der Waals surface area contributed by atoms with Crippen LogP contribution < -0.4 is 5.32 Å². The number of unbranched alkanes of at least 4 members (excludes halogenated alkanes) is 1. The highest BCUT2D eigenvalue weighted by molar-refractivity contribution is 5.94. The molecule has 0 bridgehead atoms. The highest BCUT2D eigenvalue weighted by Crippen LogP contribution is 2.31. The van der Waals surface area contributed by atoms with Crippen molar-refractivity contribution in [3.63, 3.8) is 0 Å². The number of fused-ring (bicyclic) bond motifs is 1. The van der Waals surface area contributed by atoms with Crippen molar-refractivity contribution in [3.05, 3.63) is 54.1 Å². The lowest BCUT2D eigenvalue weighted by molar-refractivity contribution is -0.124. The van der Waals surface area contributed by atoms with Gasteiger partial charge in [0.1, 0.15) is 11.9 Å². The van der Waals surface area contributed by atoms with Gasteiger partial charge in [-0.25, -0.2) is 4.98 Å². The zero-order valence-electron chi connectivity index (χ0n) is 17.6. The Bertz CT molecular complexity index is 1000. The summed E-state index contributed by atoms with van der Waals surface area (Å²) in [7, 11) is 0. The zero-order chi connectivity index (χ0) is 21.0. The monoisotopic (exact) mass is 391 g/mol. The molecule has 5 heteroatoms. The molecule has 0 saturated carbocycles. The van der Waals surface area contributed by atoms with E-state index in [2.05, 4.69) is 16.8 Å². The molecule has 1 atom stereocenters. The van der Waals surface area contributed by atoms with Gasteiger partial charge in [0.05, 0.1) is 11.0 Å². The summed E-state index contributed by atoms with van der Waals surface area (Å²) in [5.74, 6) is 0.793. The number of hydrogen-bond acceptors (Lipinski definition) is 3. The molecule has 29 heavy (non-hydrogen) atoms. The molecule has 0 fully saturated rings. The maximum absolute atomic E-state index is 13.1. The van der Waals surface area contributed by atoms with Crippen LogP contribution in [-0.2, 0) is 4.79 Å². The van der Waals surface area contributed by atoms with Gasteiger partial charge in [-0.1, -0.05) is 56.2 Å². The normalized spacial score (nSPS) is 12.3. The highest BCUT2D eigenvalue weighted by Gasteiger charge is 2.26. The van der Waals surface area contributed by atoms with Crippen molar-refractivity contribution in [1.82, 2.24) is 14.9 Å². The number of nitrogens with zero attached hydrogens (tertiary/aromatic N) is 2. The third-order valence-electron chi connectivity index (χ3n) is 5.02. The van der Waals surface area contributed by atoms with Crippen LogP contribution >= 0.6 is 0 Å². The van der Waals surface area contributed by atoms with E-state index in [1.54, 1.807) is 6.92 Å². The van der Waals surface area contributed by atoms with Crippen LogP contribution in [0, 0.1) is 0 Å². The predicted octanol–water partition coefficient (Wildman–Crippen LogP) is 5.16. The standard InChI is InChI=1S/C24H29N3O2/c1-5-6-10-22(24(29)25-16(2)3)27-21-11-8-7-9-20(21)26-23(27)19-14-12-18(13-15-19)17(4)28/h7-9,11-16,22H,5-6,10H2,1-4H3,(H,25,29). The molecular formula is C24H29N3O2. The zero-order valence-corrected chi connectivity index (χ0v) is 17.6. The average molecular weight is 392 g/mol. The summed E-state index contributed by atoms with van der Waals surface area (Å²) in [6, 6.07) is 15.1. The van der Waals surface area contributed by atoms with Gasteiger partial charge < -0.3 is 9.88 Å². The van der Waals surface area contributed by atoms with E-state index < -0.39 is 0 Å². The smallest absolute Gasteiger partial charge is 0.243 e. The minimum Gasteiger partial charge on any atom is -0.352 e. The molecule has 0 radical (unpaired) electrons. The Hall–Kier alpha value is -2.95. The summed E-state index contributed by atoms with van der Waals surface area (Å²) in [5.41, 5.74) is 3.36. The number of ketones is 1. The first-order chi connectivity index (χ1) is 13.9. The third kappa shape index (κ3) is 4.56. The molecule has 1 amide bonds. The molecule has 1 N–H and O–H groups in total. The van der Waals surface area contributed by atoms with E-state index in [0.717, 1.165) is 41.7 Å². The molecule has 152 valence electrons. The second-order valence-electron chi connectivity index (χ2n) is 7.75. The average Bonchev–Trinajstić information content (AvgIpc) is 3.07. The Morgan fingerprint density at radius 2 is 1.76 bits per heavy atom. The van der Waals surface area contributed by atoms with E-state index in [-0.39, 0.29) is 23.8 Å². The number of carbonyl (C=O) groups is 2. The van der Waals surface area contributed by atoms with E-state index in [1.807, 2.05) is 62.4 Å². The van der Waals surface area contributed by atoms with Gasteiger partial charge in [-0.05, 0) is 39.3 Å². The quantitative estimate of drug-likeness (QED) is 0.539. The van der Waals surface area contributed by atoms with E-state index in [9.17, 15) is 9.59 Å². The van der Waals surface area contributed by atoms with Crippen molar-refractivity contribution in [2.45, 2.75) is 59.0 Å². The van der Waals surface area contributed by atoms with Crippen molar-refractivity contribution in [2.24, 2.45) is 0 Å². The Morgan fingerprint density at radius 3 is 2.38 bits per heavy atom. The van der Waals surface area contributed by atoms with Gasteiger partial charge >= 0.3 is 0 Å². The van der Waals surface area contributed by atoms with Crippen LogP contribution in [0.25, 0.3) is 22.4 Å². The van der Waals surface area contributed by atoms with Crippen LogP contribution in [0.2, 0.25) is 0 Å². The topological polar surface area (TPSA) is 64.0 Å². The maximum atomic E-state index is 13.1. The summed E-state index contributed by atoms with van der Waals surface area (Å²) >= 11 is 0. The molecule has 0 aliphatic heterocycles. The lowest BCUT2D eigenvalue weighted by atomic mass is 10.1. The molecule has 3 rings (SSSR count). The van der Waals surface area contributed by atoms with Crippen LogP contribution in [0.1, 0.15) is 63.4 Å². The lowest BCUT2D eigenvalue weighted by Gasteiger charge is -2.22. The van der Waals surface area contributed by atoms with Gasteiger partial charge in [-0.3, -0.25) is 9.59 Å². The van der Waals surface area contributed by atoms with Crippen molar-refractivity contribution in [1.29, 1.82) is 0 Å². The summed E-state index contributed by atoms with van der Waals surface area (Å²) in [6.45, 7) is 7.64. The number of benzene rings is 2. The number of aromatic nitrogens is 2. The number of Topliss-reactive ketones (excluding diaryl/α,β-unsaturated/α-hetero) is 1. The molecule has 3 aromatic rings. The molecule has 1 unspecified atom stereocenters. The largest absolute Gasteiger partial charge is 0.352 e. The van der Waals surface area contributed by atoms with Gasteiger partial charge in [-0.15, -0.1) is 0 Å². The predicted molar refractivity (Wildman–Crippen MR) is 117 cm³/mol. The lowest BCUT2D eigenvalue weighted by Crippen LogP contribution is -2.37. The van der Waals surface area contributed by atoms with Crippen molar-refractivity contribution in [2.75, 3.05) is 0 Å². The maximum Gasteiger partial charge on any atom is 0.243 e. The molecule has 0 saturated heterocycles. The minimum atomic E-state index is -0.341. The van der Waals surface area contributed by atoms with Gasteiger partial charge in [-0.2, -0.15) is 0 Å².